The van der Waals surface area contributed by atoms with E-state index >= 15 is 0 Å². The predicted octanol–water partition coefficient (Wildman–Crippen LogP) is 4.93. The van der Waals surface area contributed by atoms with E-state index in [1.54, 1.807) is 5.06 Å². The van der Waals surface area contributed by atoms with E-state index in [0.29, 0.717) is 19.0 Å². The minimum absolute atomic E-state index is 0.286. The number of nitrogens with zero attached hydrogens (tertiary/aromatic N) is 2. The molecule has 0 aromatic heterocycles. The van der Waals surface area contributed by atoms with Gasteiger partial charge in [-0.2, -0.15) is 0 Å². The molecule has 6 heteroatoms. The van der Waals surface area contributed by atoms with Crippen LogP contribution in [0.3, 0.4) is 0 Å². The summed E-state index contributed by atoms with van der Waals surface area (Å²) >= 11 is 0. The maximum absolute atomic E-state index is 12.4. The molecule has 2 aromatic carbocycles. The molecule has 2 aromatic rings. The van der Waals surface area contributed by atoms with Gasteiger partial charge in [-0.1, -0.05) is 67.5 Å². The fraction of sp³-hybridized carbons (Fsp3) is 0.391. The van der Waals surface area contributed by atoms with E-state index in [2.05, 4.69) is 36.5 Å². The number of carbonyl (C=O) groups is 1. The van der Waals surface area contributed by atoms with Crippen molar-refractivity contribution in [3.8, 4) is 0 Å². The van der Waals surface area contributed by atoms with Gasteiger partial charge in [0.1, 0.15) is 5.60 Å². The van der Waals surface area contributed by atoms with E-state index in [1.165, 1.54) is 0 Å². The number of hydroxylamine groups is 2. The summed E-state index contributed by atoms with van der Waals surface area (Å²) in [6.45, 7) is 5.44. The highest BCUT2D eigenvalue weighted by Crippen LogP contribution is 2.36. The Bertz CT molecular complexity index is 887. The SMILES string of the molecule is CC(C)c1ccccc1NC(=O)ON1CCC2(CC1)CC(c1ccccc1)=NO2. The molecule has 152 valence electrons. The summed E-state index contributed by atoms with van der Waals surface area (Å²) in [5.41, 5.74) is 3.69. The maximum Gasteiger partial charge on any atom is 0.430 e. The van der Waals surface area contributed by atoms with Crippen LogP contribution in [0.1, 0.15) is 50.2 Å². The Morgan fingerprint density at radius 3 is 2.52 bits per heavy atom. The lowest BCUT2D eigenvalue weighted by molar-refractivity contribution is -0.154. The van der Waals surface area contributed by atoms with E-state index in [1.807, 2.05) is 42.5 Å². The number of amides is 1. The first-order valence-electron chi connectivity index (χ1n) is 10.2. The smallest absolute Gasteiger partial charge is 0.388 e. The molecule has 4 rings (SSSR count). The summed E-state index contributed by atoms with van der Waals surface area (Å²) in [4.78, 5) is 23.8. The van der Waals surface area contributed by atoms with E-state index < -0.39 is 6.09 Å². The lowest BCUT2D eigenvalue weighted by Gasteiger charge is -2.35. The number of hydrogen-bond acceptors (Lipinski definition) is 5. The van der Waals surface area contributed by atoms with Crippen molar-refractivity contribution in [1.82, 2.24) is 5.06 Å². The van der Waals surface area contributed by atoms with Gasteiger partial charge < -0.3 is 9.68 Å². The van der Waals surface area contributed by atoms with Gasteiger partial charge in [0.2, 0.25) is 0 Å². The van der Waals surface area contributed by atoms with Gasteiger partial charge >= 0.3 is 6.09 Å². The van der Waals surface area contributed by atoms with Gasteiger partial charge in [0.15, 0.2) is 0 Å². The number of benzene rings is 2. The van der Waals surface area contributed by atoms with Gasteiger partial charge in [0.05, 0.1) is 5.71 Å². The molecule has 29 heavy (non-hydrogen) atoms. The van der Waals surface area contributed by atoms with Crippen molar-refractivity contribution in [3.63, 3.8) is 0 Å². The van der Waals surface area contributed by atoms with E-state index in [-0.39, 0.29) is 5.60 Å². The van der Waals surface area contributed by atoms with Crippen LogP contribution in [-0.2, 0) is 9.68 Å². The van der Waals surface area contributed by atoms with Crippen molar-refractivity contribution in [3.05, 3.63) is 65.7 Å². The summed E-state index contributed by atoms with van der Waals surface area (Å²) in [5, 5.41) is 8.91. The Labute approximate surface area is 171 Å². The highest BCUT2D eigenvalue weighted by molar-refractivity contribution is 6.01. The number of para-hydroxylation sites is 1. The lowest BCUT2D eigenvalue weighted by atomic mass is 9.86. The highest BCUT2D eigenvalue weighted by atomic mass is 16.7. The third-order valence-corrected chi connectivity index (χ3v) is 5.61. The second kappa shape index (κ2) is 8.25. The Morgan fingerprint density at radius 1 is 1.10 bits per heavy atom. The number of anilines is 1. The molecular formula is C23H27N3O3. The van der Waals surface area contributed by atoms with E-state index in [9.17, 15) is 4.79 Å². The zero-order chi connectivity index (χ0) is 20.3. The Kier molecular flexibility index (Phi) is 5.53. The summed E-state index contributed by atoms with van der Waals surface area (Å²) in [6.07, 6.45) is 1.87. The Morgan fingerprint density at radius 2 is 1.79 bits per heavy atom. The van der Waals surface area contributed by atoms with Crippen LogP contribution in [0.2, 0.25) is 0 Å². The second-order valence-corrected chi connectivity index (χ2v) is 8.03. The number of piperidine rings is 1. The zero-order valence-corrected chi connectivity index (χ0v) is 16.9. The van der Waals surface area contributed by atoms with Crippen molar-refractivity contribution in [2.24, 2.45) is 5.16 Å². The molecule has 1 spiro atoms. The second-order valence-electron chi connectivity index (χ2n) is 8.03. The number of oxime groups is 1. The number of rotatable bonds is 4. The quantitative estimate of drug-likeness (QED) is 0.800. The van der Waals surface area contributed by atoms with Crippen LogP contribution in [0.5, 0.6) is 0 Å². The van der Waals surface area contributed by atoms with Crippen LogP contribution in [0, 0.1) is 0 Å². The maximum atomic E-state index is 12.4. The number of hydrogen-bond donors (Lipinski definition) is 1. The van der Waals surface area contributed by atoms with Crippen LogP contribution in [0.25, 0.3) is 0 Å². The summed E-state index contributed by atoms with van der Waals surface area (Å²) in [5.74, 6) is 0.319. The van der Waals surface area contributed by atoms with Crippen LogP contribution in [0.15, 0.2) is 59.8 Å². The molecule has 0 bridgehead atoms. The molecule has 1 N–H and O–H groups in total. The molecule has 2 aliphatic rings. The fourth-order valence-electron chi connectivity index (χ4n) is 3.92. The molecule has 0 radical (unpaired) electrons. The monoisotopic (exact) mass is 393 g/mol. The van der Waals surface area contributed by atoms with Gasteiger partial charge in [-0.05, 0) is 23.1 Å². The molecular weight excluding hydrogens is 366 g/mol. The molecule has 6 nitrogen and oxygen atoms in total. The van der Waals surface area contributed by atoms with E-state index in [0.717, 1.165) is 41.8 Å². The van der Waals surface area contributed by atoms with Crippen molar-refractivity contribution in [2.45, 2.75) is 44.6 Å². The van der Waals surface area contributed by atoms with Gasteiger partial charge in [0, 0.05) is 38.0 Å². The summed E-state index contributed by atoms with van der Waals surface area (Å²) in [6, 6.07) is 17.9. The first kappa shape index (κ1) is 19.5. The minimum Gasteiger partial charge on any atom is -0.388 e. The Hall–Kier alpha value is -2.86. The normalized spacial score (nSPS) is 18.4. The minimum atomic E-state index is -0.456. The van der Waals surface area contributed by atoms with Crippen LogP contribution >= 0.6 is 0 Å². The first-order chi connectivity index (χ1) is 14.0. The van der Waals surface area contributed by atoms with Crippen molar-refractivity contribution in [2.75, 3.05) is 18.4 Å². The first-order valence-corrected chi connectivity index (χ1v) is 10.2. The average molecular weight is 393 g/mol. The molecule has 0 aliphatic carbocycles. The van der Waals surface area contributed by atoms with Gasteiger partial charge in [-0.15, -0.1) is 5.06 Å². The predicted molar refractivity (Wildman–Crippen MR) is 113 cm³/mol. The molecule has 1 saturated heterocycles. The number of carbonyl (C=O) groups excluding carboxylic acids is 1. The van der Waals surface area contributed by atoms with Gasteiger partial charge in [-0.25, -0.2) is 4.79 Å². The number of nitrogens with one attached hydrogen (secondary N) is 1. The lowest BCUT2D eigenvalue weighted by Crippen LogP contribution is -2.45. The van der Waals surface area contributed by atoms with Crippen molar-refractivity contribution >= 4 is 17.5 Å². The van der Waals surface area contributed by atoms with Crippen molar-refractivity contribution in [1.29, 1.82) is 0 Å². The molecule has 2 aliphatic heterocycles. The van der Waals surface area contributed by atoms with E-state index in [4.69, 9.17) is 9.68 Å². The largest absolute Gasteiger partial charge is 0.430 e. The molecule has 1 amide bonds. The molecule has 1 fully saturated rings. The summed E-state index contributed by atoms with van der Waals surface area (Å²) in [7, 11) is 0. The third kappa shape index (κ3) is 4.43. The zero-order valence-electron chi connectivity index (χ0n) is 16.9. The average Bonchev–Trinajstić information content (AvgIpc) is 3.14. The van der Waals surface area contributed by atoms with Crippen LogP contribution in [-0.4, -0.2) is 35.6 Å². The topological polar surface area (TPSA) is 63.2 Å². The molecule has 0 saturated carbocycles. The molecule has 2 heterocycles. The third-order valence-electron chi connectivity index (χ3n) is 5.61. The van der Waals surface area contributed by atoms with Gasteiger partial charge in [0.25, 0.3) is 0 Å². The summed E-state index contributed by atoms with van der Waals surface area (Å²) < 4.78 is 0. The molecule has 0 atom stereocenters. The Balaban J connectivity index is 1.29. The van der Waals surface area contributed by atoms with Gasteiger partial charge in [-0.3, -0.25) is 5.32 Å². The molecule has 0 unspecified atom stereocenters. The van der Waals surface area contributed by atoms with Crippen LogP contribution in [0.4, 0.5) is 10.5 Å². The highest BCUT2D eigenvalue weighted by Gasteiger charge is 2.43. The van der Waals surface area contributed by atoms with Crippen molar-refractivity contribution < 1.29 is 14.5 Å². The van der Waals surface area contributed by atoms with Crippen LogP contribution < -0.4 is 5.32 Å². The standard InChI is InChI=1S/C23H27N3O3/c1-17(2)19-10-6-7-11-20(19)24-22(27)28-26-14-12-23(13-15-26)16-21(25-29-23)18-8-4-3-5-9-18/h3-11,17H,12-16H2,1-2H3,(H,24,27). The fourth-order valence-corrected chi connectivity index (χ4v) is 3.92.